The van der Waals surface area contributed by atoms with Gasteiger partial charge in [0.15, 0.2) is 5.16 Å². The number of rotatable bonds is 5. The molecule has 0 aliphatic heterocycles. The number of carbonyl (C=O) groups excluding carboxylic acids is 1. The molecule has 0 bridgehead atoms. The molecule has 0 spiro atoms. The Labute approximate surface area is 103 Å². The van der Waals surface area contributed by atoms with Crippen LogP contribution in [0.4, 0.5) is 0 Å². The second kappa shape index (κ2) is 5.37. The van der Waals surface area contributed by atoms with E-state index in [1.807, 2.05) is 0 Å². The molecule has 0 aliphatic rings. The first-order chi connectivity index (χ1) is 7.88. The Bertz CT molecular complexity index is 451. The van der Waals surface area contributed by atoms with Crippen molar-refractivity contribution in [2.24, 2.45) is 12.8 Å². The zero-order valence-electron chi connectivity index (χ0n) is 10.0. The molecule has 7 nitrogen and oxygen atoms in total. The third-order valence-electron chi connectivity index (χ3n) is 2.34. The van der Waals surface area contributed by atoms with Gasteiger partial charge in [0, 0.05) is 12.8 Å². The lowest BCUT2D eigenvalue weighted by atomic mass is 10.0. The molecular formula is C9H16N4O3S. The van der Waals surface area contributed by atoms with Crippen LogP contribution in [0.25, 0.3) is 0 Å². The average Bonchev–Trinajstić information content (AvgIpc) is 2.59. The lowest BCUT2D eigenvalue weighted by Crippen LogP contribution is -2.46. The van der Waals surface area contributed by atoms with Crippen LogP contribution in [0, 0.1) is 0 Å². The van der Waals surface area contributed by atoms with Crippen LogP contribution in [0.1, 0.15) is 13.3 Å². The van der Waals surface area contributed by atoms with E-state index >= 15 is 0 Å². The third kappa shape index (κ3) is 3.34. The fourth-order valence-corrected chi connectivity index (χ4v) is 2.25. The van der Waals surface area contributed by atoms with Gasteiger partial charge in [-0.3, -0.25) is 9.36 Å². The van der Waals surface area contributed by atoms with Crippen molar-refractivity contribution in [2.75, 3.05) is 12.9 Å². The second-order valence-electron chi connectivity index (χ2n) is 3.88. The number of thioether (sulfide) groups is 1. The number of esters is 1. The number of carbonyl (C=O) groups is 1. The lowest BCUT2D eigenvalue weighted by molar-refractivity contribution is -0.146. The molecule has 1 aromatic heterocycles. The van der Waals surface area contributed by atoms with E-state index in [4.69, 9.17) is 5.73 Å². The van der Waals surface area contributed by atoms with Crippen LogP contribution >= 0.6 is 11.8 Å². The van der Waals surface area contributed by atoms with Gasteiger partial charge in [-0.15, -0.1) is 5.10 Å². The molecule has 1 heterocycles. The van der Waals surface area contributed by atoms with Gasteiger partial charge in [0.2, 0.25) is 0 Å². The molecule has 0 saturated carbocycles. The maximum atomic E-state index is 11.3. The number of methoxy groups -OCH3 is 1. The average molecular weight is 260 g/mol. The molecule has 8 heteroatoms. The van der Waals surface area contributed by atoms with E-state index in [1.165, 1.54) is 23.4 Å². The molecule has 1 atom stereocenters. The van der Waals surface area contributed by atoms with Crippen LogP contribution < -0.4 is 11.4 Å². The molecule has 1 aromatic rings. The highest BCUT2D eigenvalue weighted by atomic mass is 32.2. The van der Waals surface area contributed by atoms with Crippen LogP contribution in [0.2, 0.25) is 0 Å². The number of hydrogen-bond donors (Lipinski definition) is 2. The molecule has 0 saturated heterocycles. The number of nitrogens with two attached hydrogens (primary N) is 1. The van der Waals surface area contributed by atoms with E-state index in [1.54, 1.807) is 14.0 Å². The van der Waals surface area contributed by atoms with Crippen LogP contribution in [0.5, 0.6) is 0 Å². The zero-order valence-corrected chi connectivity index (χ0v) is 10.8. The van der Waals surface area contributed by atoms with E-state index < -0.39 is 11.5 Å². The number of hydrogen-bond acceptors (Lipinski definition) is 6. The monoisotopic (exact) mass is 260 g/mol. The Morgan fingerprint density at radius 3 is 2.82 bits per heavy atom. The van der Waals surface area contributed by atoms with Crippen LogP contribution in [-0.2, 0) is 16.6 Å². The maximum Gasteiger partial charge on any atom is 0.343 e. The van der Waals surface area contributed by atoms with Crippen LogP contribution in [0.15, 0.2) is 9.95 Å². The van der Waals surface area contributed by atoms with Crippen molar-refractivity contribution in [1.82, 2.24) is 14.8 Å². The fraction of sp³-hybridized carbons (Fsp3) is 0.667. The summed E-state index contributed by atoms with van der Waals surface area (Å²) in [5, 5.41) is 6.73. The molecule has 1 rings (SSSR count). The lowest BCUT2D eigenvalue weighted by Gasteiger charge is -2.20. The largest absolute Gasteiger partial charge is 0.468 e. The molecule has 1 unspecified atom stereocenters. The number of nitrogens with one attached hydrogen (secondary N) is 1. The Morgan fingerprint density at radius 1 is 1.71 bits per heavy atom. The summed E-state index contributed by atoms with van der Waals surface area (Å²) in [5.74, 6) is 0.120. The standard InChI is InChI=1S/C9H16N4O3S/c1-9(10,6(14)16-3)4-5-17-8-12-11-7(15)13(8)2/h4-5,10H2,1-3H3,(H,11,15). The number of H-pyrrole nitrogens is 1. The summed E-state index contributed by atoms with van der Waals surface area (Å²) in [6, 6.07) is 0. The van der Waals surface area contributed by atoms with Gasteiger partial charge in [0.1, 0.15) is 5.54 Å². The van der Waals surface area contributed by atoms with Gasteiger partial charge in [-0.2, -0.15) is 0 Å². The summed E-state index contributed by atoms with van der Waals surface area (Å²) in [5.41, 5.74) is 4.51. The first-order valence-corrected chi connectivity index (χ1v) is 5.98. The summed E-state index contributed by atoms with van der Waals surface area (Å²) in [6.07, 6.45) is 0.436. The topological polar surface area (TPSA) is 103 Å². The molecule has 3 N–H and O–H groups in total. The normalized spacial score (nSPS) is 14.4. The van der Waals surface area contributed by atoms with Gasteiger partial charge in [0.25, 0.3) is 0 Å². The van der Waals surface area contributed by atoms with E-state index in [2.05, 4.69) is 14.9 Å². The van der Waals surface area contributed by atoms with E-state index in [0.29, 0.717) is 17.3 Å². The summed E-state index contributed by atoms with van der Waals surface area (Å²) >= 11 is 1.36. The van der Waals surface area contributed by atoms with Gasteiger partial charge in [0.05, 0.1) is 7.11 Å². The molecule has 0 fully saturated rings. The Hall–Kier alpha value is -1.28. The van der Waals surface area contributed by atoms with Crippen molar-refractivity contribution in [3.8, 4) is 0 Å². The molecule has 0 radical (unpaired) electrons. The van der Waals surface area contributed by atoms with Crippen molar-refractivity contribution < 1.29 is 9.53 Å². The first-order valence-electron chi connectivity index (χ1n) is 5.00. The number of aromatic nitrogens is 3. The van der Waals surface area contributed by atoms with Crippen molar-refractivity contribution in [1.29, 1.82) is 0 Å². The van der Waals surface area contributed by atoms with Gasteiger partial charge < -0.3 is 10.5 Å². The fourth-order valence-electron chi connectivity index (χ4n) is 1.15. The minimum absolute atomic E-state index is 0.268. The van der Waals surface area contributed by atoms with Gasteiger partial charge in [-0.1, -0.05) is 11.8 Å². The molecular weight excluding hydrogens is 244 g/mol. The quantitative estimate of drug-likeness (QED) is 0.545. The number of ether oxygens (including phenoxy) is 1. The van der Waals surface area contributed by atoms with E-state index in [0.717, 1.165) is 0 Å². The molecule has 17 heavy (non-hydrogen) atoms. The minimum Gasteiger partial charge on any atom is -0.468 e. The van der Waals surface area contributed by atoms with Crippen molar-refractivity contribution in [2.45, 2.75) is 24.0 Å². The number of nitrogens with zero attached hydrogens (tertiary/aromatic N) is 2. The maximum absolute atomic E-state index is 11.3. The van der Waals surface area contributed by atoms with Crippen LogP contribution in [-0.4, -0.2) is 39.1 Å². The second-order valence-corrected chi connectivity index (χ2v) is 4.94. The van der Waals surface area contributed by atoms with Gasteiger partial charge in [-0.25, -0.2) is 9.89 Å². The number of aromatic amines is 1. The first kappa shape index (κ1) is 13.8. The Kier molecular flexibility index (Phi) is 4.35. The third-order valence-corrected chi connectivity index (χ3v) is 3.37. The predicted molar refractivity (Wildman–Crippen MR) is 63.8 cm³/mol. The van der Waals surface area contributed by atoms with E-state index in [9.17, 15) is 9.59 Å². The Balaban J connectivity index is 2.51. The van der Waals surface area contributed by atoms with Gasteiger partial charge >= 0.3 is 11.7 Å². The Morgan fingerprint density at radius 2 is 2.35 bits per heavy atom. The molecule has 0 amide bonds. The van der Waals surface area contributed by atoms with Gasteiger partial charge in [-0.05, 0) is 13.3 Å². The smallest absolute Gasteiger partial charge is 0.343 e. The van der Waals surface area contributed by atoms with Crippen LogP contribution in [0.3, 0.4) is 0 Å². The predicted octanol–water partition coefficient (Wildman–Crippen LogP) is -0.519. The SMILES string of the molecule is COC(=O)C(C)(N)CCSc1n[nH]c(=O)n1C. The highest BCUT2D eigenvalue weighted by molar-refractivity contribution is 7.99. The zero-order chi connectivity index (χ0) is 13.1. The minimum atomic E-state index is -1.02. The summed E-state index contributed by atoms with van der Waals surface area (Å²) in [7, 11) is 2.92. The van der Waals surface area contributed by atoms with Crippen molar-refractivity contribution in [3.63, 3.8) is 0 Å². The van der Waals surface area contributed by atoms with Crippen molar-refractivity contribution in [3.05, 3.63) is 10.5 Å². The summed E-state index contributed by atoms with van der Waals surface area (Å²) < 4.78 is 5.99. The highest BCUT2D eigenvalue weighted by Gasteiger charge is 2.29. The summed E-state index contributed by atoms with van der Waals surface area (Å²) in [6.45, 7) is 1.61. The van der Waals surface area contributed by atoms with E-state index in [-0.39, 0.29) is 5.69 Å². The van der Waals surface area contributed by atoms with Crippen molar-refractivity contribution >= 4 is 17.7 Å². The highest BCUT2D eigenvalue weighted by Crippen LogP contribution is 2.18. The molecule has 0 aromatic carbocycles. The summed E-state index contributed by atoms with van der Waals surface area (Å²) in [4.78, 5) is 22.4. The molecule has 0 aliphatic carbocycles. The molecule has 96 valence electrons.